The van der Waals surface area contributed by atoms with Crippen molar-refractivity contribution in [2.45, 2.75) is 0 Å². The lowest BCUT2D eigenvalue weighted by Gasteiger charge is -2.11. The Labute approximate surface area is 172 Å². The summed E-state index contributed by atoms with van der Waals surface area (Å²) in [5, 5.41) is 12.6. The minimum atomic E-state index is -1.56. The van der Waals surface area contributed by atoms with Gasteiger partial charge in [-0.05, 0) is 30.3 Å². The molecule has 8 nitrogen and oxygen atoms in total. The fourth-order valence-corrected chi connectivity index (χ4v) is 2.67. The summed E-state index contributed by atoms with van der Waals surface area (Å²) >= 11 is 5.72. The zero-order valence-corrected chi connectivity index (χ0v) is 15.5. The molecule has 3 aromatic rings. The van der Waals surface area contributed by atoms with Crippen LogP contribution in [0.15, 0.2) is 52.9 Å². The number of para-hydroxylation sites is 1. The molecule has 0 saturated carbocycles. The first-order valence-electron chi connectivity index (χ1n) is 8.11. The van der Waals surface area contributed by atoms with E-state index in [9.17, 15) is 23.2 Å². The van der Waals surface area contributed by atoms with Gasteiger partial charge in [-0.25, -0.2) is 18.4 Å². The van der Waals surface area contributed by atoms with Gasteiger partial charge in [-0.15, -0.1) is 0 Å². The Balaban J connectivity index is 1.76. The number of furan rings is 1. The van der Waals surface area contributed by atoms with E-state index in [4.69, 9.17) is 21.1 Å². The van der Waals surface area contributed by atoms with Crippen LogP contribution in [0.2, 0.25) is 5.02 Å². The molecule has 1 heterocycles. The number of anilines is 1. The lowest BCUT2D eigenvalue weighted by Crippen LogP contribution is -2.34. The van der Waals surface area contributed by atoms with Crippen LogP contribution in [0.4, 0.5) is 24.1 Å². The van der Waals surface area contributed by atoms with E-state index in [1.807, 2.05) is 5.32 Å². The number of amides is 3. The number of nitrogens with one attached hydrogen (secondary N) is 2. The molecule has 3 rings (SSSR count). The molecule has 0 atom stereocenters. The SMILES string of the molecule is O=C(NC(=O)c1cc(F)c(F)cc1Cl)Nc1ccccc1-c1ccc(OC(=O)O)o1. The lowest BCUT2D eigenvalue weighted by molar-refractivity contribution is 0.0966. The number of urea groups is 1. The van der Waals surface area contributed by atoms with Crippen molar-refractivity contribution in [3.8, 4) is 17.3 Å². The largest absolute Gasteiger partial charge is 0.513 e. The van der Waals surface area contributed by atoms with Gasteiger partial charge in [0.15, 0.2) is 11.6 Å². The van der Waals surface area contributed by atoms with E-state index in [0.29, 0.717) is 17.7 Å². The molecule has 3 N–H and O–H groups in total. The molecule has 154 valence electrons. The zero-order valence-electron chi connectivity index (χ0n) is 14.7. The fraction of sp³-hybridized carbons (Fsp3) is 0. The summed E-state index contributed by atoms with van der Waals surface area (Å²) in [5.41, 5.74) is 0.127. The topological polar surface area (TPSA) is 118 Å². The number of halogens is 3. The molecule has 0 aliphatic heterocycles. The Bertz CT molecular complexity index is 1150. The van der Waals surface area contributed by atoms with Gasteiger partial charge >= 0.3 is 12.2 Å². The highest BCUT2D eigenvalue weighted by atomic mass is 35.5. The van der Waals surface area contributed by atoms with Crippen LogP contribution in [0.1, 0.15) is 10.4 Å². The van der Waals surface area contributed by atoms with Gasteiger partial charge in [0.05, 0.1) is 16.3 Å². The highest BCUT2D eigenvalue weighted by Gasteiger charge is 2.19. The zero-order chi connectivity index (χ0) is 21.8. The van der Waals surface area contributed by atoms with Crippen molar-refractivity contribution < 1.29 is 37.4 Å². The summed E-state index contributed by atoms with van der Waals surface area (Å²) in [6.45, 7) is 0. The minimum absolute atomic E-state index is 0.178. The summed E-state index contributed by atoms with van der Waals surface area (Å²) in [7, 11) is 0. The normalized spacial score (nSPS) is 10.4. The van der Waals surface area contributed by atoms with Crippen molar-refractivity contribution in [3.63, 3.8) is 0 Å². The molecule has 11 heteroatoms. The van der Waals surface area contributed by atoms with E-state index in [-0.39, 0.29) is 22.4 Å². The Morgan fingerprint density at radius 1 is 1.03 bits per heavy atom. The van der Waals surface area contributed by atoms with Gasteiger partial charge in [0.1, 0.15) is 5.76 Å². The van der Waals surface area contributed by atoms with Gasteiger partial charge in [0, 0.05) is 11.6 Å². The predicted octanol–water partition coefficient (Wildman–Crippen LogP) is 4.90. The number of carbonyl (C=O) groups is 3. The van der Waals surface area contributed by atoms with Gasteiger partial charge in [0.2, 0.25) is 0 Å². The maximum Gasteiger partial charge on any atom is 0.513 e. The number of benzene rings is 2. The molecular weight excluding hydrogens is 426 g/mol. The molecule has 3 amide bonds. The van der Waals surface area contributed by atoms with Crippen molar-refractivity contribution >= 4 is 35.4 Å². The molecule has 0 bridgehead atoms. The number of hydrogen-bond acceptors (Lipinski definition) is 5. The first-order chi connectivity index (χ1) is 14.2. The summed E-state index contributed by atoms with van der Waals surface area (Å²) in [4.78, 5) is 34.9. The monoisotopic (exact) mass is 436 g/mol. The smallest absolute Gasteiger partial charge is 0.449 e. The number of hydrogen-bond donors (Lipinski definition) is 3. The van der Waals surface area contributed by atoms with Crippen LogP contribution in [0.3, 0.4) is 0 Å². The van der Waals surface area contributed by atoms with Crippen LogP contribution >= 0.6 is 11.6 Å². The number of ether oxygens (including phenoxy) is 1. The fourth-order valence-electron chi connectivity index (χ4n) is 2.43. The summed E-state index contributed by atoms with van der Waals surface area (Å²) < 4.78 is 36.1. The predicted molar refractivity (Wildman–Crippen MR) is 101 cm³/mol. The quantitative estimate of drug-likeness (QED) is 0.395. The Hall–Kier alpha value is -3.92. The van der Waals surface area contributed by atoms with Gasteiger partial charge in [-0.1, -0.05) is 23.7 Å². The van der Waals surface area contributed by atoms with E-state index in [1.54, 1.807) is 18.2 Å². The van der Waals surface area contributed by atoms with Gasteiger partial charge in [0.25, 0.3) is 11.9 Å². The van der Waals surface area contributed by atoms with Crippen LogP contribution in [-0.4, -0.2) is 23.2 Å². The highest BCUT2D eigenvalue weighted by Crippen LogP contribution is 2.32. The van der Waals surface area contributed by atoms with Gasteiger partial charge < -0.3 is 19.6 Å². The lowest BCUT2D eigenvalue weighted by atomic mass is 10.1. The molecule has 0 saturated heterocycles. The second-order valence-corrected chi connectivity index (χ2v) is 6.09. The van der Waals surface area contributed by atoms with Crippen molar-refractivity contribution in [1.29, 1.82) is 0 Å². The average molecular weight is 437 g/mol. The van der Waals surface area contributed by atoms with Crippen LogP contribution in [0, 0.1) is 11.6 Å². The Morgan fingerprint density at radius 2 is 1.73 bits per heavy atom. The van der Waals surface area contributed by atoms with E-state index < -0.39 is 35.3 Å². The summed E-state index contributed by atoms with van der Waals surface area (Å²) in [5.74, 6) is -3.69. The van der Waals surface area contributed by atoms with Crippen LogP contribution in [0.25, 0.3) is 11.3 Å². The third kappa shape index (κ3) is 4.73. The third-order valence-corrected chi connectivity index (χ3v) is 4.00. The van der Waals surface area contributed by atoms with Crippen molar-refractivity contribution in [1.82, 2.24) is 5.32 Å². The second-order valence-electron chi connectivity index (χ2n) is 5.69. The number of carboxylic acid groups (broad SMARTS) is 1. The van der Waals surface area contributed by atoms with Crippen molar-refractivity contribution in [3.05, 3.63) is 70.8 Å². The van der Waals surface area contributed by atoms with Crippen LogP contribution in [0.5, 0.6) is 5.95 Å². The molecule has 0 aliphatic carbocycles. The Morgan fingerprint density at radius 3 is 2.47 bits per heavy atom. The van der Waals surface area contributed by atoms with E-state index >= 15 is 0 Å². The number of rotatable bonds is 4. The molecule has 30 heavy (non-hydrogen) atoms. The van der Waals surface area contributed by atoms with Crippen molar-refractivity contribution in [2.75, 3.05) is 5.32 Å². The first kappa shape index (κ1) is 20.8. The number of imide groups is 1. The maximum atomic E-state index is 13.4. The first-order valence-corrected chi connectivity index (χ1v) is 8.49. The van der Waals surface area contributed by atoms with Crippen molar-refractivity contribution in [2.24, 2.45) is 0 Å². The van der Waals surface area contributed by atoms with Gasteiger partial charge in [-0.3, -0.25) is 10.1 Å². The minimum Gasteiger partial charge on any atom is -0.449 e. The number of carbonyl (C=O) groups excluding carboxylic acids is 2. The molecule has 1 aromatic heterocycles. The molecule has 2 aromatic carbocycles. The molecule has 0 unspecified atom stereocenters. The summed E-state index contributed by atoms with van der Waals surface area (Å²) in [6, 6.07) is 9.17. The van der Waals surface area contributed by atoms with Crippen LogP contribution < -0.4 is 15.4 Å². The summed E-state index contributed by atoms with van der Waals surface area (Å²) in [6.07, 6.45) is -1.56. The van der Waals surface area contributed by atoms with E-state index in [0.717, 1.165) is 0 Å². The van der Waals surface area contributed by atoms with E-state index in [1.165, 1.54) is 18.2 Å². The highest BCUT2D eigenvalue weighted by molar-refractivity contribution is 6.34. The second kappa shape index (κ2) is 8.62. The molecule has 0 aliphatic rings. The van der Waals surface area contributed by atoms with Gasteiger partial charge in [-0.2, -0.15) is 0 Å². The third-order valence-electron chi connectivity index (χ3n) is 3.69. The molecule has 0 radical (unpaired) electrons. The standard InChI is InChI=1S/C19H11ClF2N2O6/c20-11-8-13(22)12(21)7-10(11)17(25)24-18(26)23-14-4-2-1-3-9(14)15-5-6-16(29-15)30-19(27)28/h1-8H,(H,27,28)(H2,23,24,25,26). The molecule has 0 spiro atoms. The van der Waals surface area contributed by atoms with E-state index in [2.05, 4.69) is 10.1 Å². The molecule has 0 fully saturated rings. The average Bonchev–Trinajstić information content (AvgIpc) is 3.12. The Kier molecular flexibility index (Phi) is 5.98. The maximum absolute atomic E-state index is 13.4. The van der Waals surface area contributed by atoms with Crippen LogP contribution in [-0.2, 0) is 0 Å². The molecular formula is C19H11ClF2N2O6.